The maximum Gasteiger partial charge on any atom is 0.387 e. The lowest BCUT2D eigenvalue weighted by Crippen LogP contribution is -2.40. The standard InChI is InChI=1S/C23H20F2N2O5/c1-3-13-4-9-17-14(11-19(28)32-18(17)10-13)12-27-20(29)23(2,26-22(27)30)15-5-7-16(8-6-15)31-21(24)25/h4-11,21H,3,12H2,1-2H3,(H,26,30). The van der Waals surface area contributed by atoms with Crippen LogP contribution in [0, 0.1) is 0 Å². The van der Waals surface area contributed by atoms with E-state index in [0.29, 0.717) is 22.1 Å². The lowest BCUT2D eigenvalue weighted by molar-refractivity contribution is -0.131. The number of aryl methyl sites for hydroxylation is 1. The summed E-state index contributed by atoms with van der Waals surface area (Å²) in [5.74, 6) is -0.591. The van der Waals surface area contributed by atoms with Crippen LogP contribution in [0.25, 0.3) is 11.0 Å². The molecule has 2 aromatic carbocycles. The van der Waals surface area contributed by atoms with Crippen LogP contribution >= 0.6 is 0 Å². The SMILES string of the molecule is CCc1ccc2c(CN3C(=O)NC(C)(c4ccc(OC(F)F)cc4)C3=O)cc(=O)oc2c1. The highest BCUT2D eigenvalue weighted by Crippen LogP contribution is 2.32. The Morgan fingerprint density at radius 2 is 1.81 bits per heavy atom. The van der Waals surface area contributed by atoms with Gasteiger partial charge in [0.2, 0.25) is 0 Å². The van der Waals surface area contributed by atoms with E-state index in [4.69, 9.17) is 4.42 Å². The minimum absolute atomic E-state index is 0.0603. The lowest BCUT2D eigenvalue weighted by Gasteiger charge is -2.22. The van der Waals surface area contributed by atoms with Gasteiger partial charge in [-0.1, -0.05) is 31.2 Å². The van der Waals surface area contributed by atoms with Crippen LogP contribution in [-0.4, -0.2) is 23.4 Å². The molecule has 4 rings (SSSR count). The molecular weight excluding hydrogens is 422 g/mol. The Morgan fingerprint density at radius 3 is 2.47 bits per heavy atom. The molecule has 1 aliphatic rings. The summed E-state index contributed by atoms with van der Waals surface area (Å²) in [5.41, 5.74) is 0.281. The predicted molar refractivity (Wildman–Crippen MR) is 111 cm³/mol. The van der Waals surface area contributed by atoms with E-state index in [-0.39, 0.29) is 12.3 Å². The molecule has 0 bridgehead atoms. The molecule has 32 heavy (non-hydrogen) atoms. The predicted octanol–water partition coefficient (Wildman–Crippen LogP) is 3.92. The fourth-order valence-electron chi connectivity index (χ4n) is 3.80. The molecule has 0 radical (unpaired) electrons. The highest BCUT2D eigenvalue weighted by atomic mass is 19.3. The van der Waals surface area contributed by atoms with E-state index in [2.05, 4.69) is 10.1 Å². The zero-order valence-corrected chi connectivity index (χ0v) is 17.4. The molecule has 0 aliphatic carbocycles. The minimum atomic E-state index is -2.97. The van der Waals surface area contributed by atoms with Gasteiger partial charge in [0.25, 0.3) is 5.91 Å². The van der Waals surface area contributed by atoms with Gasteiger partial charge in [-0.3, -0.25) is 9.69 Å². The average Bonchev–Trinajstić information content (AvgIpc) is 2.97. The molecule has 166 valence electrons. The molecule has 1 atom stereocenters. The van der Waals surface area contributed by atoms with Gasteiger partial charge in [0.05, 0.1) is 6.54 Å². The number of alkyl halides is 2. The Bertz CT molecular complexity index is 1260. The first-order valence-corrected chi connectivity index (χ1v) is 9.96. The smallest absolute Gasteiger partial charge is 0.387 e. The number of carbonyl (C=O) groups is 2. The summed E-state index contributed by atoms with van der Waals surface area (Å²) >= 11 is 0. The van der Waals surface area contributed by atoms with Crippen LogP contribution in [0.3, 0.4) is 0 Å². The minimum Gasteiger partial charge on any atom is -0.435 e. The van der Waals surface area contributed by atoms with Crippen molar-refractivity contribution in [2.45, 2.75) is 39.0 Å². The number of carbonyl (C=O) groups excluding carboxylic acids is 2. The van der Waals surface area contributed by atoms with Gasteiger partial charge in [0.15, 0.2) is 0 Å². The first-order chi connectivity index (χ1) is 15.2. The van der Waals surface area contributed by atoms with Crippen LogP contribution in [0.4, 0.5) is 13.6 Å². The second kappa shape index (κ2) is 8.07. The number of hydrogen-bond acceptors (Lipinski definition) is 5. The molecule has 1 unspecified atom stereocenters. The quantitative estimate of drug-likeness (QED) is 0.462. The van der Waals surface area contributed by atoms with Gasteiger partial charge in [-0.15, -0.1) is 0 Å². The number of ether oxygens (including phenoxy) is 1. The largest absolute Gasteiger partial charge is 0.435 e. The van der Waals surface area contributed by atoms with Gasteiger partial charge >= 0.3 is 18.3 Å². The van der Waals surface area contributed by atoms with Gasteiger partial charge in [-0.25, -0.2) is 9.59 Å². The maximum atomic E-state index is 13.2. The molecular formula is C23H20F2N2O5. The van der Waals surface area contributed by atoms with Crippen LogP contribution in [0.5, 0.6) is 5.75 Å². The van der Waals surface area contributed by atoms with Crippen molar-refractivity contribution in [2.24, 2.45) is 0 Å². The van der Waals surface area contributed by atoms with Crippen molar-refractivity contribution in [1.29, 1.82) is 0 Å². The molecule has 3 amide bonds. The molecule has 7 nitrogen and oxygen atoms in total. The first kappa shape index (κ1) is 21.5. The summed E-state index contributed by atoms with van der Waals surface area (Å²) in [6.07, 6.45) is 0.760. The van der Waals surface area contributed by atoms with E-state index in [0.717, 1.165) is 16.9 Å². The number of urea groups is 1. The summed E-state index contributed by atoms with van der Waals surface area (Å²) < 4.78 is 34.4. The van der Waals surface area contributed by atoms with E-state index in [1.54, 1.807) is 12.1 Å². The fraction of sp³-hybridized carbons (Fsp3) is 0.261. The fourth-order valence-corrected chi connectivity index (χ4v) is 3.80. The van der Waals surface area contributed by atoms with Crippen LogP contribution in [0.2, 0.25) is 0 Å². The van der Waals surface area contributed by atoms with Crippen LogP contribution < -0.4 is 15.7 Å². The van der Waals surface area contributed by atoms with Crippen molar-refractivity contribution in [3.63, 3.8) is 0 Å². The number of amides is 3. The number of hydrogen-bond donors (Lipinski definition) is 1. The molecule has 2 heterocycles. The van der Waals surface area contributed by atoms with Gasteiger partial charge in [0.1, 0.15) is 16.9 Å². The number of nitrogens with zero attached hydrogens (tertiary/aromatic N) is 1. The number of rotatable bonds is 6. The van der Waals surface area contributed by atoms with Gasteiger partial charge in [0, 0.05) is 11.5 Å². The van der Waals surface area contributed by atoms with Gasteiger partial charge in [-0.2, -0.15) is 8.78 Å². The first-order valence-electron chi connectivity index (χ1n) is 9.96. The summed E-state index contributed by atoms with van der Waals surface area (Å²) in [6, 6.07) is 11.6. The Kier molecular flexibility index (Phi) is 5.41. The summed E-state index contributed by atoms with van der Waals surface area (Å²) in [5, 5.41) is 3.28. The third kappa shape index (κ3) is 3.81. The summed E-state index contributed by atoms with van der Waals surface area (Å²) in [7, 11) is 0. The molecule has 1 fully saturated rings. The zero-order chi connectivity index (χ0) is 23.0. The van der Waals surface area contributed by atoms with E-state index < -0.39 is 29.7 Å². The average molecular weight is 442 g/mol. The van der Waals surface area contributed by atoms with Gasteiger partial charge in [-0.05, 0) is 48.2 Å². The van der Waals surface area contributed by atoms with Crippen molar-refractivity contribution in [2.75, 3.05) is 0 Å². The second-order valence-electron chi connectivity index (χ2n) is 7.62. The van der Waals surface area contributed by atoms with Crippen LogP contribution in [0.1, 0.15) is 30.5 Å². The number of imide groups is 1. The van der Waals surface area contributed by atoms with Crippen molar-refractivity contribution >= 4 is 22.9 Å². The van der Waals surface area contributed by atoms with Crippen molar-refractivity contribution in [3.05, 3.63) is 75.6 Å². The highest BCUT2D eigenvalue weighted by Gasteiger charge is 2.49. The van der Waals surface area contributed by atoms with Gasteiger partial charge < -0.3 is 14.5 Å². The highest BCUT2D eigenvalue weighted by molar-refractivity contribution is 6.07. The van der Waals surface area contributed by atoms with E-state index in [1.807, 2.05) is 13.0 Å². The molecule has 9 heteroatoms. The van der Waals surface area contributed by atoms with Crippen LogP contribution in [-0.2, 0) is 23.3 Å². The third-order valence-electron chi connectivity index (χ3n) is 5.56. The molecule has 3 aromatic rings. The Labute approximate surface area is 181 Å². The molecule has 0 spiro atoms. The Balaban J connectivity index is 1.64. The number of halogens is 2. The Hall–Kier alpha value is -3.75. The zero-order valence-electron chi connectivity index (χ0n) is 17.4. The second-order valence-corrected chi connectivity index (χ2v) is 7.62. The maximum absolute atomic E-state index is 13.2. The lowest BCUT2D eigenvalue weighted by atomic mass is 9.92. The van der Waals surface area contributed by atoms with Crippen molar-refractivity contribution < 1.29 is 27.5 Å². The van der Waals surface area contributed by atoms with E-state index in [9.17, 15) is 23.2 Å². The molecule has 1 aliphatic heterocycles. The topological polar surface area (TPSA) is 88.9 Å². The summed E-state index contributed by atoms with van der Waals surface area (Å²) in [4.78, 5) is 39.0. The third-order valence-corrected chi connectivity index (χ3v) is 5.56. The van der Waals surface area contributed by atoms with Crippen LogP contribution in [0.15, 0.2) is 57.7 Å². The number of fused-ring (bicyclic) bond motifs is 1. The molecule has 0 saturated carbocycles. The molecule has 1 saturated heterocycles. The van der Waals surface area contributed by atoms with Crippen molar-refractivity contribution in [3.8, 4) is 5.75 Å². The van der Waals surface area contributed by atoms with E-state index in [1.165, 1.54) is 37.3 Å². The molecule has 1 aromatic heterocycles. The summed E-state index contributed by atoms with van der Waals surface area (Å²) in [6.45, 7) is 0.414. The monoisotopic (exact) mass is 442 g/mol. The van der Waals surface area contributed by atoms with Crippen molar-refractivity contribution in [1.82, 2.24) is 10.2 Å². The Morgan fingerprint density at radius 1 is 1.09 bits per heavy atom. The van der Waals surface area contributed by atoms with E-state index >= 15 is 0 Å². The molecule has 1 N–H and O–H groups in total. The number of nitrogens with one attached hydrogen (secondary N) is 1. The normalized spacial score (nSPS) is 18.5. The number of benzene rings is 2.